The van der Waals surface area contributed by atoms with Crippen LogP contribution in [0.15, 0.2) is 47.6 Å². The largest absolute Gasteiger partial charge is 0.496 e. The zero-order chi connectivity index (χ0) is 22.0. The Morgan fingerprint density at radius 3 is 2.65 bits per heavy atom. The number of alkyl halides is 1. The van der Waals surface area contributed by atoms with E-state index < -0.39 is 6.17 Å². The van der Waals surface area contributed by atoms with Crippen molar-refractivity contribution in [3.8, 4) is 17.1 Å². The lowest BCUT2D eigenvalue weighted by molar-refractivity contribution is 0.102. The van der Waals surface area contributed by atoms with Crippen LogP contribution in [0.1, 0.15) is 34.5 Å². The predicted molar refractivity (Wildman–Crippen MR) is 113 cm³/mol. The van der Waals surface area contributed by atoms with Crippen LogP contribution < -0.4 is 10.1 Å². The van der Waals surface area contributed by atoms with Gasteiger partial charge in [0.15, 0.2) is 0 Å². The van der Waals surface area contributed by atoms with Crippen LogP contribution in [0, 0.1) is 13.8 Å². The molecule has 31 heavy (non-hydrogen) atoms. The smallest absolute Gasteiger partial charge is 0.274 e. The molecular weight excluding hydrogens is 401 g/mol. The van der Waals surface area contributed by atoms with Gasteiger partial charge in [-0.3, -0.25) is 9.20 Å². The number of carbonyl (C=O) groups excluding carboxylic acids is 1. The molecule has 3 aromatic heterocycles. The van der Waals surface area contributed by atoms with E-state index >= 15 is 0 Å². The molecule has 1 N–H and O–H groups in total. The number of methoxy groups -OCH3 is 1. The summed E-state index contributed by atoms with van der Waals surface area (Å²) in [4.78, 5) is 21.2. The summed E-state index contributed by atoms with van der Waals surface area (Å²) < 4.78 is 22.9. The van der Waals surface area contributed by atoms with Gasteiger partial charge in [0, 0.05) is 29.1 Å². The van der Waals surface area contributed by atoms with Gasteiger partial charge in [0.2, 0.25) is 12.2 Å². The van der Waals surface area contributed by atoms with Crippen LogP contribution in [0.5, 0.6) is 5.75 Å². The average molecular weight is 423 g/mol. The van der Waals surface area contributed by atoms with Crippen molar-refractivity contribution in [1.82, 2.24) is 19.5 Å². The van der Waals surface area contributed by atoms with Gasteiger partial charge in [0.25, 0.3) is 5.91 Å². The molecule has 3 heterocycles. The summed E-state index contributed by atoms with van der Waals surface area (Å²) in [6.07, 6.45) is 5.86. The lowest BCUT2D eigenvalue weighted by Gasteiger charge is -2.10. The third kappa shape index (κ3) is 4.55. The highest BCUT2D eigenvalue weighted by molar-refractivity contribution is 6.04. The number of benzene rings is 1. The third-order valence-corrected chi connectivity index (χ3v) is 4.86. The number of hydrogen-bond donors (Lipinski definition) is 1. The van der Waals surface area contributed by atoms with Gasteiger partial charge < -0.3 is 14.6 Å². The molecule has 160 valence electrons. The molecule has 4 aromatic rings. The summed E-state index contributed by atoms with van der Waals surface area (Å²) in [5, 5.41) is 6.77. The second-order valence-electron chi connectivity index (χ2n) is 7.31. The van der Waals surface area contributed by atoms with Crippen molar-refractivity contribution in [1.29, 1.82) is 0 Å². The first-order valence-electron chi connectivity index (χ1n) is 9.80. The number of amides is 1. The number of imidazole rings is 1. The van der Waals surface area contributed by atoms with E-state index in [0.717, 1.165) is 35.3 Å². The summed E-state index contributed by atoms with van der Waals surface area (Å²) in [6, 6.07) is 7.38. The van der Waals surface area contributed by atoms with Crippen LogP contribution in [0.3, 0.4) is 0 Å². The van der Waals surface area contributed by atoms with Crippen molar-refractivity contribution >= 4 is 17.2 Å². The fraction of sp³-hybridized carbons (Fsp3) is 0.273. The SMILES string of the molecule is COc1cc2ncc(C(=O)Nc3cc(-c4ncon4)ccc3C)n2cc1C.FC1CC1. The number of hydrogen-bond acceptors (Lipinski definition) is 6. The third-order valence-electron chi connectivity index (χ3n) is 4.86. The Labute approximate surface area is 178 Å². The Morgan fingerprint density at radius 2 is 2.00 bits per heavy atom. The number of aromatic nitrogens is 4. The van der Waals surface area contributed by atoms with E-state index in [0.29, 0.717) is 22.9 Å². The van der Waals surface area contributed by atoms with E-state index in [1.54, 1.807) is 23.8 Å². The van der Waals surface area contributed by atoms with Gasteiger partial charge in [-0.05, 0) is 38.3 Å². The quantitative estimate of drug-likeness (QED) is 0.523. The van der Waals surface area contributed by atoms with Crippen LogP contribution in [0.2, 0.25) is 0 Å². The van der Waals surface area contributed by atoms with Crippen molar-refractivity contribution in [2.45, 2.75) is 32.9 Å². The number of pyridine rings is 1. The molecule has 9 heteroatoms. The van der Waals surface area contributed by atoms with E-state index in [1.807, 2.05) is 38.2 Å². The zero-order valence-electron chi connectivity index (χ0n) is 17.4. The number of aryl methyl sites for hydroxylation is 2. The standard InChI is InChI=1S/C19H17N5O3.C3H5F/c1-11-4-5-13(18-21-10-27-23-18)6-14(11)22-19(25)15-8-20-17-7-16(26-3)12(2)9-24(15)17;4-3-1-2-3/h4-10H,1-3H3,(H,22,25);3H,1-2H2. The average Bonchev–Trinajstić information content (AvgIpc) is 3.21. The molecule has 0 bridgehead atoms. The number of anilines is 1. The van der Waals surface area contributed by atoms with Gasteiger partial charge in [0.1, 0.15) is 23.3 Å². The van der Waals surface area contributed by atoms with Crippen LogP contribution in [-0.4, -0.2) is 38.7 Å². The van der Waals surface area contributed by atoms with Crippen molar-refractivity contribution in [3.05, 3.63) is 59.9 Å². The summed E-state index contributed by atoms with van der Waals surface area (Å²) >= 11 is 0. The number of carbonyl (C=O) groups is 1. The highest BCUT2D eigenvalue weighted by Crippen LogP contribution is 2.25. The predicted octanol–water partition coefficient (Wildman–Crippen LogP) is 4.38. The minimum atomic E-state index is -0.417. The zero-order valence-corrected chi connectivity index (χ0v) is 17.4. The normalized spacial score (nSPS) is 12.9. The Morgan fingerprint density at radius 1 is 1.23 bits per heavy atom. The second-order valence-corrected chi connectivity index (χ2v) is 7.31. The minimum absolute atomic E-state index is 0.263. The van der Waals surface area contributed by atoms with Gasteiger partial charge in [-0.15, -0.1) is 0 Å². The molecule has 5 rings (SSSR count). The van der Waals surface area contributed by atoms with Crippen LogP contribution >= 0.6 is 0 Å². The molecular formula is C22H22FN5O3. The Kier molecular flexibility index (Phi) is 5.66. The monoisotopic (exact) mass is 423 g/mol. The van der Waals surface area contributed by atoms with Gasteiger partial charge in [-0.1, -0.05) is 17.3 Å². The summed E-state index contributed by atoms with van der Waals surface area (Å²) in [5.74, 6) is 0.923. The molecule has 1 aromatic carbocycles. The van der Waals surface area contributed by atoms with Crippen molar-refractivity contribution < 1.29 is 18.4 Å². The molecule has 0 radical (unpaired) electrons. The maximum Gasteiger partial charge on any atom is 0.274 e. The summed E-state index contributed by atoms with van der Waals surface area (Å²) in [7, 11) is 1.61. The van der Waals surface area contributed by atoms with Crippen molar-refractivity contribution in [3.63, 3.8) is 0 Å². The molecule has 0 spiro atoms. The molecule has 1 aliphatic carbocycles. The van der Waals surface area contributed by atoms with E-state index in [4.69, 9.17) is 9.26 Å². The van der Waals surface area contributed by atoms with Crippen LogP contribution in [0.25, 0.3) is 17.0 Å². The maximum atomic E-state index is 12.9. The number of rotatable bonds is 4. The van der Waals surface area contributed by atoms with Gasteiger partial charge >= 0.3 is 0 Å². The number of ether oxygens (including phenoxy) is 1. The highest BCUT2D eigenvalue weighted by Gasteiger charge is 2.18. The molecule has 0 unspecified atom stereocenters. The van der Waals surface area contributed by atoms with Gasteiger partial charge in [-0.2, -0.15) is 4.98 Å². The fourth-order valence-corrected chi connectivity index (χ4v) is 2.94. The van der Waals surface area contributed by atoms with E-state index in [2.05, 4.69) is 20.4 Å². The molecule has 0 saturated heterocycles. The summed E-state index contributed by atoms with van der Waals surface area (Å²) in [5.41, 5.74) is 4.32. The van der Waals surface area contributed by atoms with Gasteiger partial charge in [-0.25, -0.2) is 9.37 Å². The van der Waals surface area contributed by atoms with E-state index in [9.17, 15) is 9.18 Å². The molecule has 1 amide bonds. The van der Waals surface area contributed by atoms with Crippen LogP contribution in [-0.2, 0) is 0 Å². The first-order valence-corrected chi connectivity index (χ1v) is 9.80. The highest BCUT2D eigenvalue weighted by atomic mass is 19.1. The first kappa shape index (κ1) is 20.5. The molecule has 0 atom stereocenters. The number of nitrogens with zero attached hydrogens (tertiary/aromatic N) is 4. The second kappa shape index (κ2) is 8.55. The minimum Gasteiger partial charge on any atom is -0.496 e. The van der Waals surface area contributed by atoms with Gasteiger partial charge in [0.05, 0.1) is 13.3 Å². The van der Waals surface area contributed by atoms with Crippen molar-refractivity contribution in [2.75, 3.05) is 12.4 Å². The Bertz CT molecular complexity index is 1220. The lowest BCUT2D eigenvalue weighted by atomic mass is 10.1. The number of nitrogens with one attached hydrogen (secondary N) is 1. The molecule has 1 saturated carbocycles. The number of halogens is 1. The molecule has 0 aliphatic heterocycles. The Balaban J connectivity index is 0.000000520. The molecule has 8 nitrogen and oxygen atoms in total. The maximum absolute atomic E-state index is 12.9. The molecule has 1 fully saturated rings. The molecule has 1 aliphatic rings. The lowest BCUT2D eigenvalue weighted by Crippen LogP contribution is -2.15. The van der Waals surface area contributed by atoms with E-state index in [-0.39, 0.29) is 5.91 Å². The first-order chi connectivity index (χ1) is 15.0. The van der Waals surface area contributed by atoms with Crippen molar-refractivity contribution in [2.24, 2.45) is 0 Å². The number of fused-ring (bicyclic) bond motifs is 1. The fourth-order valence-electron chi connectivity index (χ4n) is 2.94. The van der Waals surface area contributed by atoms with Crippen LogP contribution in [0.4, 0.5) is 10.1 Å². The Hall–Kier alpha value is -3.75. The summed E-state index contributed by atoms with van der Waals surface area (Å²) in [6.45, 7) is 3.83. The van der Waals surface area contributed by atoms with E-state index in [1.165, 1.54) is 6.39 Å². The topological polar surface area (TPSA) is 94.5 Å².